The number of carbonyl (C=O) groups excluding carboxylic acids is 2. The molecule has 4 rings (SSSR count). The van der Waals surface area contributed by atoms with Crippen LogP contribution in [0.5, 0.6) is 0 Å². The summed E-state index contributed by atoms with van der Waals surface area (Å²) in [7, 11) is 0. The monoisotopic (exact) mass is 477 g/mol. The van der Waals surface area contributed by atoms with Crippen LogP contribution in [0.25, 0.3) is 0 Å². The molecule has 1 atom stereocenters. The number of thioether (sulfide) groups is 1. The number of para-hydroxylation sites is 1. The van der Waals surface area contributed by atoms with Gasteiger partial charge in [0.1, 0.15) is 5.25 Å². The Labute approximate surface area is 202 Å². The lowest BCUT2D eigenvalue weighted by Crippen LogP contribution is -2.45. The second-order valence-electron chi connectivity index (χ2n) is 7.67. The third-order valence-electron chi connectivity index (χ3n) is 5.21. The molecule has 1 saturated heterocycles. The van der Waals surface area contributed by atoms with Crippen molar-refractivity contribution in [3.05, 3.63) is 95.5 Å². The van der Waals surface area contributed by atoms with Crippen LogP contribution in [0.15, 0.2) is 89.9 Å². The van der Waals surface area contributed by atoms with Gasteiger partial charge in [-0.2, -0.15) is 0 Å². The smallest absolute Gasteiger partial charge is 0.238 e. The van der Waals surface area contributed by atoms with Crippen molar-refractivity contribution in [2.45, 2.75) is 24.5 Å². The molecule has 0 aliphatic carbocycles. The van der Waals surface area contributed by atoms with Crippen LogP contribution in [0.2, 0.25) is 5.02 Å². The summed E-state index contributed by atoms with van der Waals surface area (Å²) in [5, 5.41) is 3.51. The highest BCUT2D eigenvalue weighted by molar-refractivity contribution is 8.15. The van der Waals surface area contributed by atoms with Gasteiger partial charge in [-0.05, 0) is 54.8 Å². The Kier molecular flexibility index (Phi) is 7.81. The molecular weight excluding hydrogens is 454 g/mol. The van der Waals surface area contributed by atoms with E-state index in [0.29, 0.717) is 28.1 Å². The first-order valence-electron chi connectivity index (χ1n) is 10.8. The van der Waals surface area contributed by atoms with Gasteiger partial charge in [-0.15, -0.1) is 0 Å². The van der Waals surface area contributed by atoms with Gasteiger partial charge in [-0.25, -0.2) is 4.99 Å². The number of nitrogens with zero attached hydrogens (tertiary/aromatic N) is 2. The van der Waals surface area contributed by atoms with Crippen molar-refractivity contribution >= 4 is 51.7 Å². The average molecular weight is 478 g/mol. The third-order valence-corrected chi connectivity index (χ3v) is 6.65. The SMILES string of the molecule is O=C(Nc1ccccc1)C1CC(=O)N(CCCc2ccccc2)C(=Nc2ccc(Cl)cc2)S1. The first kappa shape index (κ1) is 23.1. The summed E-state index contributed by atoms with van der Waals surface area (Å²) in [4.78, 5) is 32.4. The minimum atomic E-state index is -0.547. The molecule has 1 heterocycles. The van der Waals surface area contributed by atoms with Crippen LogP contribution in [-0.4, -0.2) is 33.7 Å². The van der Waals surface area contributed by atoms with E-state index in [2.05, 4.69) is 17.4 Å². The molecular formula is C26H24ClN3O2S. The highest BCUT2D eigenvalue weighted by atomic mass is 35.5. The van der Waals surface area contributed by atoms with E-state index in [9.17, 15) is 9.59 Å². The Hall–Kier alpha value is -3.09. The summed E-state index contributed by atoms with van der Waals surface area (Å²) < 4.78 is 0. The van der Waals surface area contributed by atoms with Gasteiger partial charge >= 0.3 is 0 Å². The zero-order valence-electron chi connectivity index (χ0n) is 18.0. The number of anilines is 1. The van der Waals surface area contributed by atoms with E-state index in [0.717, 1.165) is 12.8 Å². The van der Waals surface area contributed by atoms with Crippen molar-refractivity contribution < 1.29 is 9.59 Å². The van der Waals surface area contributed by atoms with E-state index in [-0.39, 0.29) is 18.2 Å². The number of aryl methyl sites for hydroxylation is 1. The predicted octanol–water partition coefficient (Wildman–Crippen LogP) is 5.93. The van der Waals surface area contributed by atoms with Gasteiger partial charge in [0.15, 0.2) is 5.17 Å². The molecule has 2 amide bonds. The van der Waals surface area contributed by atoms with Gasteiger partial charge in [0.25, 0.3) is 0 Å². The first-order chi connectivity index (χ1) is 16.1. The lowest BCUT2D eigenvalue weighted by Gasteiger charge is -2.32. The fraction of sp³-hybridized carbons (Fsp3) is 0.192. The number of hydrogen-bond donors (Lipinski definition) is 1. The molecule has 1 unspecified atom stereocenters. The number of hydrogen-bond acceptors (Lipinski definition) is 4. The second-order valence-corrected chi connectivity index (χ2v) is 9.28. The molecule has 1 fully saturated rings. The quantitative estimate of drug-likeness (QED) is 0.458. The summed E-state index contributed by atoms with van der Waals surface area (Å²) in [5.41, 5.74) is 2.62. The van der Waals surface area contributed by atoms with Crippen molar-refractivity contribution in [3.8, 4) is 0 Å². The Morgan fingerprint density at radius 3 is 2.36 bits per heavy atom. The molecule has 3 aromatic carbocycles. The Bertz CT molecular complexity index is 1120. The van der Waals surface area contributed by atoms with Crippen LogP contribution >= 0.6 is 23.4 Å². The van der Waals surface area contributed by atoms with Gasteiger partial charge in [-0.1, -0.05) is 71.9 Å². The number of nitrogens with one attached hydrogen (secondary N) is 1. The average Bonchev–Trinajstić information content (AvgIpc) is 2.83. The van der Waals surface area contributed by atoms with Crippen LogP contribution in [0, 0.1) is 0 Å². The Balaban J connectivity index is 1.50. The zero-order valence-corrected chi connectivity index (χ0v) is 19.6. The maximum absolute atomic E-state index is 13.1. The largest absolute Gasteiger partial charge is 0.325 e. The fourth-order valence-corrected chi connectivity index (χ4v) is 4.77. The Morgan fingerprint density at radius 2 is 1.67 bits per heavy atom. The normalized spacial score (nSPS) is 17.2. The van der Waals surface area contributed by atoms with Crippen molar-refractivity contribution in [1.29, 1.82) is 0 Å². The van der Waals surface area contributed by atoms with Gasteiger partial charge in [0.05, 0.1) is 5.69 Å². The standard InChI is InChI=1S/C26H24ClN3O2S/c27-20-13-15-22(16-14-20)29-26-30(17-7-10-19-8-3-1-4-9-19)24(31)18-23(33-26)25(32)28-21-11-5-2-6-12-21/h1-6,8-9,11-16,23H,7,10,17-18H2,(H,28,32). The molecule has 0 aromatic heterocycles. The van der Waals surface area contributed by atoms with Crippen molar-refractivity contribution in [2.24, 2.45) is 4.99 Å². The van der Waals surface area contributed by atoms with Crippen LogP contribution in [0.3, 0.4) is 0 Å². The van der Waals surface area contributed by atoms with Crippen LogP contribution in [0.4, 0.5) is 11.4 Å². The molecule has 0 saturated carbocycles. The highest BCUT2D eigenvalue weighted by Gasteiger charge is 2.35. The molecule has 3 aromatic rings. The number of aliphatic imine (C=N–C) groups is 1. The van der Waals surface area contributed by atoms with Crippen molar-refractivity contribution in [2.75, 3.05) is 11.9 Å². The topological polar surface area (TPSA) is 61.8 Å². The molecule has 0 radical (unpaired) electrons. The summed E-state index contributed by atoms with van der Waals surface area (Å²) >= 11 is 7.33. The number of rotatable bonds is 7. The summed E-state index contributed by atoms with van der Waals surface area (Å²) in [6.45, 7) is 0.542. The lowest BCUT2D eigenvalue weighted by molar-refractivity contribution is -0.129. The molecule has 1 N–H and O–H groups in total. The maximum atomic E-state index is 13.1. The summed E-state index contributed by atoms with van der Waals surface area (Å²) in [6, 6.07) is 26.6. The van der Waals surface area contributed by atoms with E-state index in [4.69, 9.17) is 16.6 Å². The number of amides is 2. The van der Waals surface area contributed by atoms with Crippen LogP contribution in [0.1, 0.15) is 18.4 Å². The molecule has 168 valence electrons. The van der Waals surface area contributed by atoms with Crippen molar-refractivity contribution in [1.82, 2.24) is 4.90 Å². The van der Waals surface area contributed by atoms with E-state index in [1.54, 1.807) is 29.2 Å². The molecule has 7 heteroatoms. The highest BCUT2D eigenvalue weighted by Crippen LogP contribution is 2.30. The minimum absolute atomic E-state index is 0.0947. The number of amidine groups is 1. The van der Waals surface area contributed by atoms with Gasteiger partial charge in [0.2, 0.25) is 11.8 Å². The third kappa shape index (κ3) is 6.46. The van der Waals surface area contributed by atoms with Crippen LogP contribution in [-0.2, 0) is 16.0 Å². The van der Waals surface area contributed by atoms with Gasteiger partial charge in [-0.3, -0.25) is 14.5 Å². The molecule has 33 heavy (non-hydrogen) atoms. The minimum Gasteiger partial charge on any atom is -0.325 e. The molecule has 0 bridgehead atoms. The summed E-state index contributed by atoms with van der Waals surface area (Å²) in [5.74, 6) is -0.296. The van der Waals surface area contributed by atoms with Gasteiger partial charge in [0, 0.05) is 23.7 Å². The maximum Gasteiger partial charge on any atom is 0.238 e. The van der Waals surface area contributed by atoms with Gasteiger partial charge < -0.3 is 5.32 Å². The van der Waals surface area contributed by atoms with E-state index in [1.807, 2.05) is 48.5 Å². The number of benzene rings is 3. The molecule has 1 aliphatic rings. The number of carbonyl (C=O) groups is 2. The fourth-order valence-electron chi connectivity index (χ4n) is 3.52. The zero-order chi connectivity index (χ0) is 23.0. The predicted molar refractivity (Wildman–Crippen MR) is 136 cm³/mol. The van der Waals surface area contributed by atoms with E-state index in [1.165, 1.54) is 17.3 Å². The van der Waals surface area contributed by atoms with Crippen LogP contribution < -0.4 is 5.32 Å². The number of halogens is 1. The Morgan fingerprint density at radius 1 is 1.00 bits per heavy atom. The molecule has 0 spiro atoms. The summed E-state index contributed by atoms with van der Waals surface area (Å²) in [6.07, 6.45) is 1.80. The van der Waals surface area contributed by atoms with E-state index >= 15 is 0 Å². The molecule has 1 aliphatic heterocycles. The van der Waals surface area contributed by atoms with Crippen molar-refractivity contribution in [3.63, 3.8) is 0 Å². The lowest BCUT2D eigenvalue weighted by atomic mass is 10.1. The molecule has 5 nitrogen and oxygen atoms in total. The second kappa shape index (κ2) is 11.2. The first-order valence-corrected chi connectivity index (χ1v) is 12.1. The van der Waals surface area contributed by atoms with E-state index < -0.39 is 5.25 Å².